The molecule has 98 valence electrons. The van der Waals surface area contributed by atoms with Gasteiger partial charge < -0.3 is 14.2 Å². The molecule has 0 aliphatic carbocycles. The average molecular weight is 255 g/mol. The molecule has 4 nitrogen and oxygen atoms in total. The molecule has 0 N–H and O–H groups in total. The highest BCUT2D eigenvalue weighted by molar-refractivity contribution is 5.87. The second kappa shape index (κ2) is 4.02. The van der Waals surface area contributed by atoms with Gasteiger partial charge in [0, 0.05) is 37.3 Å². The molecule has 4 heteroatoms. The van der Waals surface area contributed by atoms with E-state index >= 15 is 0 Å². The molecule has 4 heterocycles. The summed E-state index contributed by atoms with van der Waals surface area (Å²) in [5.74, 6) is 1.95. The minimum atomic E-state index is 0.599. The highest BCUT2D eigenvalue weighted by Crippen LogP contribution is 2.30. The van der Waals surface area contributed by atoms with E-state index in [1.165, 1.54) is 0 Å². The Morgan fingerprint density at radius 2 is 2.32 bits per heavy atom. The molecule has 0 aromatic carbocycles. The van der Waals surface area contributed by atoms with Gasteiger partial charge in [-0.25, -0.2) is 4.98 Å². The monoisotopic (exact) mass is 255 g/mol. The summed E-state index contributed by atoms with van der Waals surface area (Å²) in [6, 6.07) is 4.69. The molecule has 2 aliphatic rings. The van der Waals surface area contributed by atoms with Crippen LogP contribution in [0.1, 0.15) is 12.2 Å². The maximum absolute atomic E-state index is 5.83. The predicted molar refractivity (Wildman–Crippen MR) is 75.2 cm³/mol. The van der Waals surface area contributed by atoms with Crippen molar-refractivity contribution in [1.29, 1.82) is 0 Å². The Labute approximate surface area is 112 Å². The van der Waals surface area contributed by atoms with Crippen LogP contribution in [0.15, 0.2) is 35.0 Å². The fraction of sp³-hybridized carbons (Fsp3) is 0.400. The van der Waals surface area contributed by atoms with Crippen molar-refractivity contribution in [2.75, 3.05) is 24.5 Å². The zero-order valence-electron chi connectivity index (χ0n) is 11.0. The lowest BCUT2D eigenvalue weighted by Gasteiger charge is -2.38. The Bertz CT molecular complexity index is 646. The Morgan fingerprint density at radius 1 is 1.37 bits per heavy atom. The number of anilines is 1. The minimum absolute atomic E-state index is 0.599. The molecule has 19 heavy (non-hydrogen) atoms. The third-order valence-electron chi connectivity index (χ3n) is 4.07. The largest absolute Gasteiger partial charge is 0.457 e. The minimum Gasteiger partial charge on any atom is -0.457 e. The molecule has 4 rings (SSSR count). The molecule has 0 saturated carbocycles. The number of aryl methyl sites for hydroxylation is 1. The van der Waals surface area contributed by atoms with Crippen LogP contribution in [0.25, 0.3) is 11.0 Å². The zero-order chi connectivity index (χ0) is 12.8. The van der Waals surface area contributed by atoms with Gasteiger partial charge in [-0.15, -0.1) is 0 Å². The molecule has 0 amide bonds. The van der Waals surface area contributed by atoms with Crippen molar-refractivity contribution in [2.45, 2.75) is 19.4 Å². The summed E-state index contributed by atoms with van der Waals surface area (Å²) in [4.78, 5) is 9.35. The first kappa shape index (κ1) is 10.9. The van der Waals surface area contributed by atoms with Gasteiger partial charge in [-0.2, -0.15) is 0 Å². The molecular weight excluding hydrogens is 238 g/mol. The van der Waals surface area contributed by atoms with Crippen molar-refractivity contribution in [2.24, 2.45) is 0 Å². The van der Waals surface area contributed by atoms with Gasteiger partial charge in [0.25, 0.3) is 0 Å². The SMILES string of the molecule is Cc1cc2ccnc(N3CCN4C=CCC4C3)c2o1. The van der Waals surface area contributed by atoms with Crippen molar-refractivity contribution in [3.8, 4) is 0 Å². The molecule has 0 spiro atoms. The number of hydrogen-bond acceptors (Lipinski definition) is 4. The smallest absolute Gasteiger partial charge is 0.176 e. The van der Waals surface area contributed by atoms with E-state index in [2.05, 4.69) is 33.1 Å². The van der Waals surface area contributed by atoms with Crippen LogP contribution in [0.4, 0.5) is 5.82 Å². The zero-order valence-corrected chi connectivity index (χ0v) is 11.0. The summed E-state index contributed by atoms with van der Waals surface area (Å²) in [5, 5.41) is 1.15. The third-order valence-corrected chi connectivity index (χ3v) is 4.07. The van der Waals surface area contributed by atoms with E-state index in [-0.39, 0.29) is 0 Å². The first-order valence-electron chi connectivity index (χ1n) is 6.84. The summed E-state index contributed by atoms with van der Waals surface area (Å²) in [5.41, 5.74) is 0.930. The molecular formula is C15H17N3O. The van der Waals surface area contributed by atoms with E-state index in [1.54, 1.807) is 0 Å². The fourth-order valence-corrected chi connectivity index (χ4v) is 3.13. The van der Waals surface area contributed by atoms with Gasteiger partial charge in [-0.05, 0) is 31.7 Å². The topological polar surface area (TPSA) is 32.5 Å². The van der Waals surface area contributed by atoms with Crippen molar-refractivity contribution in [1.82, 2.24) is 9.88 Å². The molecule has 0 radical (unpaired) electrons. The summed E-state index contributed by atoms with van der Waals surface area (Å²) in [7, 11) is 0. The lowest BCUT2D eigenvalue weighted by molar-refractivity contribution is 0.270. The first-order chi connectivity index (χ1) is 9.31. The van der Waals surface area contributed by atoms with Gasteiger partial charge in [0.2, 0.25) is 0 Å². The van der Waals surface area contributed by atoms with Crippen molar-refractivity contribution >= 4 is 16.8 Å². The molecule has 1 saturated heterocycles. The third kappa shape index (κ3) is 1.70. The molecule has 1 fully saturated rings. The van der Waals surface area contributed by atoms with Gasteiger partial charge >= 0.3 is 0 Å². The van der Waals surface area contributed by atoms with E-state index < -0.39 is 0 Å². The molecule has 0 bridgehead atoms. The van der Waals surface area contributed by atoms with Crippen LogP contribution in [-0.4, -0.2) is 35.6 Å². The van der Waals surface area contributed by atoms with Gasteiger partial charge in [0.05, 0.1) is 0 Å². The number of furan rings is 1. The van der Waals surface area contributed by atoms with Gasteiger partial charge in [0.1, 0.15) is 5.76 Å². The van der Waals surface area contributed by atoms with Crippen LogP contribution in [0.2, 0.25) is 0 Å². The van der Waals surface area contributed by atoms with Gasteiger partial charge in [-0.3, -0.25) is 0 Å². The number of rotatable bonds is 1. The second-order valence-corrected chi connectivity index (χ2v) is 5.37. The number of aromatic nitrogens is 1. The van der Waals surface area contributed by atoms with E-state index in [0.717, 1.165) is 48.6 Å². The maximum atomic E-state index is 5.83. The molecule has 2 aliphatic heterocycles. The standard InChI is InChI=1S/C15H17N3O/c1-11-9-12-4-5-16-15(14(12)19-11)18-8-7-17-6-2-3-13(17)10-18/h2,4-6,9,13H,3,7-8,10H2,1H3. The highest BCUT2D eigenvalue weighted by atomic mass is 16.3. The van der Waals surface area contributed by atoms with Crippen molar-refractivity contribution < 1.29 is 4.42 Å². The predicted octanol–water partition coefficient (Wildman–Crippen LogP) is 2.54. The number of nitrogens with zero attached hydrogens (tertiary/aromatic N) is 3. The Morgan fingerprint density at radius 3 is 3.26 bits per heavy atom. The Balaban J connectivity index is 1.70. The van der Waals surface area contributed by atoms with Crippen LogP contribution in [0.5, 0.6) is 0 Å². The molecule has 2 aromatic rings. The highest BCUT2D eigenvalue weighted by Gasteiger charge is 2.28. The number of piperazine rings is 1. The number of hydrogen-bond donors (Lipinski definition) is 0. The lowest BCUT2D eigenvalue weighted by atomic mass is 10.1. The van der Waals surface area contributed by atoms with Crippen LogP contribution >= 0.6 is 0 Å². The van der Waals surface area contributed by atoms with Gasteiger partial charge in [-0.1, -0.05) is 6.08 Å². The fourth-order valence-electron chi connectivity index (χ4n) is 3.13. The van der Waals surface area contributed by atoms with Gasteiger partial charge in [0.15, 0.2) is 11.4 Å². The Hall–Kier alpha value is -1.97. The van der Waals surface area contributed by atoms with Crippen molar-refractivity contribution in [3.63, 3.8) is 0 Å². The Kier molecular flexibility index (Phi) is 2.31. The first-order valence-corrected chi connectivity index (χ1v) is 6.84. The number of pyridine rings is 1. The summed E-state index contributed by atoms with van der Waals surface area (Å²) >= 11 is 0. The number of fused-ring (bicyclic) bond motifs is 2. The molecule has 2 aromatic heterocycles. The van der Waals surface area contributed by atoms with Crippen molar-refractivity contribution in [3.05, 3.63) is 36.4 Å². The molecule has 1 unspecified atom stereocenters. The lowest BCUT2D eigenvalue weighted by Crippen LogP contribution is -2.49. The summed E-state index contributed by atoms with van der Waals surface area (Å²) < 4.78 is 5.83. The summed E-state index contributed by atoms with van der Waals surface area (Å²) in [6.45, 7) is 5.09. The van der Waals surface area contributed by atoms with Crippen LogP contribution in [0, 0.1) is 6.92 Å². The van der Waals surface area contributed by atoms with E-state index in [1.807, 2.05) is 19.2 Å². The quantitative estimate of drug-likeness (QED) is 0.784. The van der Waals surface area contributed by atoms with Crippen LogP contribution in [0.3, 0.4) is 0 Å². The van der Waals surface area contributed by atoms with E-state index in [4.69, 9.17) is 4.42 Å². The maximum Gasteiger partial charge on any atom is 0.176 e. The summed E-state index contributed by atoms with van der Waals surface area (Å²) in [6.07, 6.45) is 7.52. The van der Waals surface area contributed by atoms with Crippen LogP contribution < -0.4 is 4.90 Å². The van der Waals surface area contributed by atoms with E-state index in [0.29, 0.717) is 6.04 Å². The average Bonchev–Trinajstić information content (AvgIpc) is 3.01. The molecule has 1 atom stereocenters. The normalized spacial score (nSPS) is 22.3. The second-order valence-electron chi connectivity index (χ2n) is 5.37. The van der Waals surface area contributed by atoms with Crippen LogP contribution in [-0.2, 0) is 0 Å². The van der Waals surface area contributed by atoms with E-state index in [9.17, 15) is 0 Å².